The number of hydrogen-bond donors (Lipinski definition) is 2. The first kappa shape index (κ1) is 10.9. The molecule has 0 aromatic heterocycles. The van der Waals surface area contributed by atoms with Crippen molar-refractivity contribution >= 4 is 17.3 Å². The molecular formula is C11H12F2N2O. The predicted octanol–water partition coefficient (Wildman–Crippen LogP) is 2.35. The third kappa shape index (κ3) is 1.62. The topological polar surface area (TPSA) is 41.1 Å². The molecule has 1 aromatic rings. The van der Waals surface area contributed by atoms with Crippen LogP contribution in [-0.4, -0.2) is 11.9 Å². The molecule has 0 spiro atoms. The third-order valence-electron chi connectivity index (χ3n) is 2.60. The molecule has 1 amide bonds. The van der Waals surface area contributed by atoms with Gasteiger partial charge in [0, 0.05) is 0 Å². The van der Waals surface area contributed by atoms with Gasteiger partial charge in [0.05, 0.1) is 11.4 Å². The molecular weight excluding hydrogens is 214 g/mol. The zero-order valence-electron chi connectivity index (χ0n) is 8.97. The molecule has 2 N–H and O–H groups in total. The van der Waals surface area contributed by atoms with E-state index in [-0.39, 0.29) is 23.2 Å². The Hall–Kier alpha value is -1.65. The predicted molar refractivity (Wildman–Crippen MR) is 57.2 cm³/mol. The summed E-state index contributed by atoms with van der Waals surface area (Å²) >= 11 is 0. The number of benzene rings is 1. The maximum Gasteiger partial charge on any atom is 0.247 e. The second-order valence-corrected chi connectivity index (χ2v) is 4.14. The Morgan fingerprint density at radius 1 is 1.31 bits per heavy atom. The van der Waals surface area contributed by atoms with E-state index in [0.717, 1.165) is 6.07 Å². The number of anilines is 2. The lowest BCUT2D eigenvalue weighted by atomic mass is 10.0. The van der Waals surface area contributed by atoms with Gasteiger partial charge < -0.3 is 10.6 Å². The van der Waals surface area contributed by atoms with Crippen molar-refractivity contribution in [1.29, 1.82) is 0 Å². The fraction of sp³-hybridized carbons (Fsp3) is 0.364. The van der Waals surface area contributed by atoms with E-state index in [4.69, 9.17) is 0 Å². The normalized spacial score (nSPS) is 19.1. The monoisotopic (exact) mass is 226 g/mol. The van der Waals surface area contributed by atoms with Gasteiger partial charge in [0.15, 0.2) is 11.6 Å². The Balaban J connectivity index is 2.44. The highest BCUT2D eigenvalue weighted by Gasteiger charge is 2.30. The van der Waals surface area contributed by atoms with Crippen LogP contribution in [0.25, 0.3) is 0 Å². The van der Waals surface area contributed by atoms with E-state index >= 15 is 0 Å². The maximum atomic E-state index is 13.5. The van der Waals surface area contributed by atoms with Gasteiger partial charge in [-0.3, -0.25) is 4.79 Å². The Bertz CT molecular complexity index is 446. The Morgan fingerprint density at radius 2 is 2.00 bits per heavy atom. The zero-order valence-corrected chi connectivity index (χ0v) is 8.97. The molecule has 0 saturated heterocycles. The summed E-state index contributed by atoms with van der Waals surface area (Å²) in [5.74, 6) is -2.11. The van der Waals surface area contributed by atoms with E-state index in [9.17, 15) is 13.6 Å². The van der Waals surface area contributed by atoms with Crippen LogP contribution in [0.2, 0.25) is 0 Å². The van der Waals surface area contributed by atoms with Crippen molar-refractivity contribution in [3.8, 4) is 0 Å². The molecule has 3 nitrogen and oxygen atoms in total. The molecule has 1 aromatic carbocycles. The summed E-state index contributed by atoms with van der Waals surface area (Å²) in [5, 5.41) is 5.28. The molecule has 0 saturated carbocycles. The molecule has 2 rings (SSSR count). The van der Waals surface area contributed by atoms with E-state index < -0.39 is 17.7 Å². The van der Waals surface area contributed by atoms with Gasteiger partial charge in [0.1, 0.15) is 6.04 Å². The number of hydrogen-bond acceptors (Lipinski definition) is 2. The SMILES string of the molecule is CC(C)[C@@H]1Nc2c(ccc(F)c2F)NC1=O. The summed E-state index contributed by atoms with van der Waals surface area (Å²) < 4.78 is 26.5. The van der Waals surface area contributed by atoms with E-state index in [1.165, 1.54) is 6.07 Å². The van der Waals surface area contributed by atoms with Crippen molar-refractivity contribution < 1.29 is 13.6 Å². The van der Waals surface area contributed by atoms with Crippen LogP contribution in [0.3, 0.4) is 0 Å². The number of carbonyl (C=O) groups excluding carboxylic acids is 1. The first-order chi connectivity index (χ1) is 7.50. The zero-order chi connectivity index (χ0) is 11.9. The van der Waals surface area contributed by atoms with Crippen LogP contribution in [0.15, 0.2) is 12.1 Å². The average Bonchev–Trinajstić information content (AvgIpc) is 2.23. The van der Waals surface area contributed by atoms with Crippen LogP contribution in [0, 0.1) is 17.6 Å². The van der Waals surface area contributed by atoms with Gasteiger partial charge >= 0.3 is 0 Å². The van der Waals surface area contributed by atoms with E-state index in [1.807, 2.05) is 13.8 Å². The number of amides is 1. The summed E-state index contributed by atoms with van der Waals surface area (Å²) in [4.78, 5) is 11.6. The first-order valence-electron chi connectivity index (χ1n) is 5.06. The highest BCUT2D eigenvalue weighted by Crippen LogP contribution is 2.32. The second-order valence-electron chi connectivity index (χ2n) is 4.14. The fourth-order valence-electron chi connectivity index (χ4n) is 1.70. The standard InChI is InChI=1S/C11H12F2N2O/c1-5(2)9-11(16)14-7-4-3-6(12)8(13)10(7)15-9/h3-5,9,15H,1-2H3,(H,14,16)/t9-/m0/s1. The molecule has 0 unspecified atom stereocenters. The summed E-state index contributed by atoms with van der Waals surface area (Å²) in [5.41, 5.74) is 0.305. The minimum Gasteiger partial charge on any atom is -0.369 e. The van der Waals surface area contributed by atoms with Crippen molar-refractivity contribution in [3.63, 3.8) is 0 Å². The number of fused-ring (bicyclic) bond motifs is 1. The van der Waals surface area contributed by atoms with Gasteiger partial charge in [-0.25, -0.2) is 8.78 Å². The molecule has 5 heteroatoms. The molecule has 1 atom stereocenters. The molecule has 16 heavy (non-hydrogen) atoms. The van der Waals surface area contributed by atoms with Gasteiger partial charge in [-0.15, -0.1) is 0 Å². The second kappa shape index (κ2) is 3.73. The van der Waals surface area contributed by atoms with Gasteiger partial charge in [-0.1, -0.05) is 13.8 Å². The molecule has 1 heterocycles. The number of carbonyl (C=O) groups is 1. The highest BCUT2D eigenvalue weighted by atomic mass is 19.2. The largest absolute Gasteiger partial charge is 0.369 e. The minimum atomic E-state index is -0.955. The van der Waals surface area contributed by atoms with Crippen molar-refractivity contribution in [3.05, 3.63) is 23.8 Å². The Morgan fingerprint density at radius 3 is 2.62 bits per heavy atom. The summed E-state index contributed by atoms with van der Waals surface area (Å²) in [7, 11) is 0. The van der Waals surface area contributed by atoms with Crippen LogP contribution >= 0.6 is 0 Å². The summed E-state index contributed by atoms with van der Waals surface area (Å²) in [6, 6.07) is 1.80. The van der Waals surface area contributed by atoms with Crippen molar-refractivity contribution in [2.24, 2.45) is 5.92 Å². The Kier molecular flexibility index (Phi) is 2.53. The van der Waals surface area contributed by atoms with Gasteiger partial charge in [-0.05, 0) is 18.1 Å². The van der Waals surface area contributed by atoms with Crippen LogP contribution in [0.1, 0.15) is 13.8 Å². The lowest BCUT2D eigenvalue weighted by Crippen LogP contribution is -2.42. The number of halogens is 2. The molecule has 86 valence electrons. The first-order valence-corrected chi connectivity index (χ1v) is 5.06. The average molecular weight is 226 g/mol. The molecule has 1 aliphatic rings. The molecule has 0 aliphatic carbocycles. The van der Waals surface area contributed by atoms with E-state index in [2.05, 4.69) is 10.6 Å². The van der Waals surface area contributed by atoms with Crippen LogP contribution in [0.5, 0.6) is 0 Å². The summed E-state index contributed by atoms with van der Waals surface area (Å²) in [6.07, 6.45) is 0. The molecule has 0 bridgehead atoms. The van der Waals surface area contributed by atoms with Crippen molar-refractivity contribution in [2.75, 3.05) is 10.6 Å². The lowest BCUT2D eigenvalue weighted by Gasteiger charge is -2.29. The van der Waals surface area contributed by atoms with Gasteiger partial charge in [-0.2, -0.15) is 0 Å². The highest BCUT2D eigenvalue weighted by molar-refractivity contribution is 6.03. The molecule has 0 radical (unpaired) electrons. The van der Waals surface area contributed by atoms with Gasteiger partial charge in [0.2, 0.25) is 5.91 Å². The fourth-order valence-corrected chi connectivity index (χ4v) is 1.70. The van der Waals surface area contributed by atoms with Gasteiger partial charge in [0.25, 0.3) is 0 Å². The lowest BCUT2D eigenvalue weighted by molar-refractivity contribution is -0.117. The van der Waals surface area contributed by atoms with Crippen molar-refractivity contribution in [2.45, 2.75) is 19.9 Å². The molecule has 0 fully saturated rings. The number of nitrogens with one attached hydrogen (secondary N) is 2. The van der Waals surface area contributed by atoms with Crippen LogP contribution < -0.4 is 10.6 Å². The smallest absolute Gasteiger partial charge is 0.247 e. The Labute approximate surface area is 91.8 Å². The number of rotatable bonds is 1. The molecule has 1 aliphatic heterocycles. The van der Waals surface area contributed by atoms with Crippen LogP contribution in [-0.2, 0) is 4.79 Å². The minimum absolute atomic E-state index is 0.00387. The summed E-state index contributed by atoms with van der Waals surface area (Å²) in [6.45, 7) is 3.67. The third-order valence-corrected chi connectivity index (χ3v) is 2.60. The van der Waals surface area contributed by atoms with E-state index in [0.29, 0.717) is 0 Å². The van der Waals surface area contributed by atoms with E-state index in [1.54, 1.807) is 0 Å². The quantitative estimate of drug-likeness (QED) is 0.771. The van der Waals surface area contributed by atoms with Crippen molar-refractivity contribution in [1.82, 2.24) is 0 Å². The maximum absolute atomic E-state index is 13.5. The van der Waals surface area contributed by atoms with Crippen LogP contribution in [0.4, 0.5) is 20.2 Å².